The van der Waals surface area contributed by atoms with Crippen LogP contribution in [-0.2, 0) is 0 Å². The Bertz CT molecular complexity index is 336. The van der Waals surface area contributed by atoms with Gasteiger partial charge in [-0.1, -0.05) is 0 Å². The monoisotopic (exact) mass is 168 g/mol. The normalized spacial score (nSPS) is 9.83. The predicted octanol–water partition coefficient (Wildman–Crippen LogP) is 0.815. The van der Waals surface area contributed by atoms with Gasteiger partial charge in [0, 0.05) is 0 Å². The van der Waals surface area contributed by atoms with Gasteiger partial charge in [0.05, 0.1) is 11.3 Å². The zero-order valence-electron chi connectivity index (χ0n) is 6.60. The molecule has 4 N–H and O–H groups in total. The Morgan fingerprint density at radius 1 is 1.50 bits per heavy atom. The second kappa shape index (κ2) is 2.81. The van der Waals surface area contributed by atoms with Gasteiger partial charge in [-0.25, -0.2) is 4.39 Å². The van der Waals surface area contributed by atoms with Crippen LogP contribution in [-0.4, -0.2) is 5.91 Å². The molecule has 0 bridgehead atoms. The molecule has 0 aliphatic rings. The Balaban J connectivity index is 3.37. The second-order valence-corrected chi connectivity index (χ2v) is 2.58. The number of halogens is 1. The Morgan fingerprint density at radius 3 is 2.58 bits per heavy atom. The maximum absolute atomic E-state index is 13.0. The molecule has 0 aliphatic carbocycles. The Labute approximate surface area is 69.2 Å². The van der Waals surface area contributed by atoms with Crippen LogP contribution < -0.4 is 11.5 Å². The van der Waals surface area contributed by atoms with Crippen molar-refractivity contribution in [1.82, 2.24) is 0 Å². The fourth-order valence-corrected chi connectivity index (χ4v) is 0.976. The lowest BCUT2D eigenvalue weighted by atomic mass is 10.1. The first-order valence-corrected chi connectivity index (χ1v) is 3.38. The van der Waals surface area contributed by atoms with E-state index < -0.39 is 11.7 Å². The molecule has 0 unspecified atom stereocenters. The van der Waals surface area contributed by atoms with Crippen LogP contribution in [0.15, 0.2) is 12.1 Å². The maximum Gasteiger partial charge on any atom is 0.251 e. The van der Waals surface area contributed by atoms with E-state index in [2.05, 4.69) is 0 Å². The minimum absolute atomic E-state index is 0.0520. The number of benzene rings is 1. The Morgan fingerprint density at radius 2 is 2.08 bits per heavy atom. The van der Waals surface area contributed by atoms with Crippen molar-refractivity contribution in [2.24, 2.45) is 5.73 Å². The van der Waals surface area contributed by atoms with Crippen LogP contribution in [0.5, 0.6) is 0 Å². The molecular formula is C8H9FN2O. The zero-order chi connectivity index (χ0) is 9.30. The molecule has 0 atom stereocenters. The van der Waals surface area contributed by atoms with Crippen molar-refractivity contribution >= 4 is 11.6 Å². The largest absolute Gasteiger partial charge is 0.396 e. The first-order chi connectivity index (χ1) is 5.52. The summed E-state index contributed by atoms with van der Waals surface area (Å²) in [4.78, 5) is 10.7. The minimum Gasteiger partial charge on any atom is -0.396 e. The number of hydrogen-bond acceptors (Lipinski definition) is 2. The van der Waals surface area contributed by atoms with E-state index in [1.165, 1.54) is 12.1 Å². The first-order valence-electron chi connectivity index (χ1n) is 3.38. The highest BCUT2D eigenvalue weighted by molar-refractivity contribution is 5.94. The molecule has 0 spiro atoms. The van der Waals surface area contributed by atoms with E-state index in [-0.39, 0.29) is 11.3 Å². The highest BCUT2D eigenvalue weighted by atomic mass is 19.1. The molecule has 1 aromatic carbocycles. The van der Waals surface area contributed by atoms with Gasteiger partial charge in [-0.2, -0.15) is 0 Å². The van der Waals surface area contributed by atoms with Gasteiger partial charge < -0.3 is 11.5 Å². The summed E-state index contributed by atoms with van der Waals surface area (Å²) in [6.45, 7) is 1.71. The van der Waals surface area contributed by atoms with Gasteiger partial charge in [-0.15, -0.1) is 0 Å². The number of nitrogens with two attached hydrogens (primary N) is 2. The number of carbonyl (C=O) groups excluding carboxylic acids is 1. The van der Waals surface area contributed by atoms with E-state index in [0.29, 0.717) is 5.56 Å². The summed E-state index contributed by atoms with van der Waals surface area (Å²) < 4.78 is 13.0. The van der Waals surface area contributed by atoms with E-state index >= 15 is 0 Å². The number of hydrogen-bond donors (Lipinski definition) is 2. The van der Waals surface area contributed by atoms with Gasteiger partial charge in [-0.3, -0.25) is 4.79 Å². The Hall–Kier alpha value is -1.58. The molecular weight excluding hydrogens is 159 g/mol. The molecule has 64 valence electrons. The van der Waals surface area contributed by atoms with E-state index in [9.17, 15) is 9.18 Å². The van der Waals surface area contributed by atoms with Crippen LogP contribution in [0.25, 0.3) is 0 Å². The average Bonchev–Trinajstić information content (AvgIpc) is 1.96. The second-order valence-electron chi connectivity index (χ2n) is 2.58. The van der Waals surface area contributed by atoms with Crippen molar-refractivity contribution in [2.45, 2.75) is 6.92 Å². The van der Waals surface area contributed by atoms with Crippen molar-refractivity contribution in [3.8, 4) is 0 Å². The van der Waals surface area contributed by atoms with Gasteiger partial charge >= 0.3 is 0 Å². The summed E-state index contributed by atoms with van der Waals surface area (Å²) >= 11 is 0. The SMILES string of the molecule is Cc1cc(N)c(F)c(C(N)=O)c1. The fraction of sp³-hybridized carbons (Fsp3) is 0.125. The lowest BCUT2D eigenvalue weighted by Gasteiger charge is -2.02. The van der Waals surface area contributed by atoms with Crippen LogP contribution >= 0.6 is 0 Å². The van der Waals surface area contributed by atoms with Gasteiger partial charge in [0.2, 0.25) is 0 Å². The first kappa shape index (κ1) is 8.52. The van der Waals surface area contributed by atoms with Crippen LogP contribution in [0.1, 0.15) is 15.9 Å². The molecule has 0 saturated carbocycles. The summed E-state index contributed by atoms with van der Waals surface area (Å²) in [5.41, 5.74) is 10.7. The summed E-state index contributed by atoms with van der Waals surface area (Å²) in [7, 11) is 0. The van der Waals surface area contributed by atoms with Crippen molar-refractivity contribution in [1.29, 1.82) is 0 Å². The molecule has 0 saturated heterocycles. The summed E-state index contributed by atoms with van der Waals surface area (Å²) in [5, 5.41) is 0. The van der Waals surface area contributed by atoms with Crippen LogP contribution in [0, 0.1) is 12.7 Å². The predicted molar refractivity (Wildman–Crippen MR) is 44.1 cm³/mol. The zero-order valence-corrected chi connectivity index (χ0v) is 6.60. The van der Waals surface area contributed by atoms with E-state index in [1.807, 2.05) is 0 Å². The number of nitrogen functional groups attached to an aromatic ring is 1. The molecule has 3 nitrogen and oxygen atoms in total. The molecule has 0 aromatic heterocycles. The van der Waals surface area contributed by atoms with Crippen LogP contribution in [0.2, 0.25) is 0 Å². The summed E-state index contributed by atoms with van der Waals surface area (Å²) in [5.74, 6) is -1.55. The highest BCUT2D eigenvalue weighted by Gasteiger charge is 2.11. The molecule has 0 aliphatic heterocycles. The number of primary amides is 1. The quantitative estimate of drug-likeness (QED) is 0.609. The number of rotatable bonds is 1. The number of carbonyl (C=O) groups is 1. The molecule has 4 heteroatoms. The van der Waals surface area contributed by atoms with Crippen molar-refractivity contribution in [3.63, 3.8) is 0 Å². The third-order valence-electron chi connectivity index (χ3n) is 1.51. The van der Waals surface area contributed by atoms with E-state index in [0.717, 1.165) is 0 Å². The minimum atomic E-state index is -0.803. The smallest absolute Gasteiger partial charge is 0.251 e. The van der Waals surface area contributed by atoms with Crippen molar-refractivity contribution in [3.05, 3.63) is 29.1 Å². The third-order valence-corrected chi connectivity index (χ3v) is 1.51. The molecule has 1 aromatic rings. The third kappa shape index (κ3) is 1.37. The molecule has 0 heterocycles. The lowest BCUT2D eigenvalue weighted by molar-refractivity contribution is 0.0996. The van der Waals surface area contributed by atoms with Gasteiger partial charge in [0.15, 0.2) is 5.82 Å². The number of aryl methyl sites for hydroxylation is 1. The fourth-order valence-electron chi connectivity index (χ4n) is 0.976. The van der Waals surface area contributed by atoms with Crippen LogP contribution in [0.4, 0.5) is 10.1 Å². The molecule has 1 rings (SSSR count). The summed E-state index contributed by atoms with van der Waals surface area (Å²) in [6, 6.07) is 2.82. The number of amides is 1. The topological polar surface area (TPSA) is 69.1 Å². The molecule has 0 radical (unpaired) electrons. The Kier molecular flexibility index (Phi) is 1.99. The molecule has 12 heavy (non-hydrogen) atoms. The number of anilines is 1. The van der Waals surface area contributed by atoms with Crippen molar-refractivity contribution < 1.29 is 9.18 Å². The summed E-state index contributed by atoms with van der Waals surface area (Å²) in [6.07, 6.45) is 0. The standard InChI is InChI=1S/C8H9FN2O/c1-4-2-5(8(11)12)7(9)6(10)3-4/h2-3H,10H2,1H3,(H2,11,12). The van der Waals surface area contributed by atoms with Gasteiger partial charge in [0.25, 0.3) is 5.91 Å². The lowest BCUT2D eigenvalue weighted by Crippen LogP contribution is -2.14. The molecule has 1 amide bonds. The van der Waals surface area contributed by atoms with Gasteiger partial charge in [0.1, 0.15) is 0 Å². The van der Waals surface area contributed by atoms with Gasteiger partial charge in [-0.05, 0) is 24.6 Å². The molecule has 0 fully saturated rings. The van der Waals surface area contributed by atoms with Crippen molar-refractivity contribution in [2.75, 3.05) is 5.73 Å². The van der Waals surface area contributed by atoms with E-state index in [4.69, 9.17) is 11.5 Å². The highest BCUT2D eigenvalue weighted by Crippen LogP contribution is 2.16. The average molecular weight is 168 g/mol. The maximum atomic E-state index is 13.0. The van der Waals surface area contributed by atoms with Crippen LogP contribution in [0.3, 0.4) is 0 Å². The van der Waals surface area contributed by atoms with E-state index in [1.54, 1.807) is 6.92 Å².